The van der Waals surface area contributed by atoms with Crippen LogP contribution in [-0.4, -0.2) is 25.0 Å². The minimum absolute atomic E-state index is 0.0744. The third kappa shape index (κ3) is 4.59. The number of hydrogen-bond acceptors (Lipinski definition) is 3. The van der Waals surface area contributed by atoms with Gasteiger partial charge in [-0.1, -0.05) is 18.2 Å². The number of nitrogens with zero attached hydrogens (tertiary/aromatic N) is 1. The molecule has 1 unspecified atom stereocenters. The fourth-order valence-corrected chi connectivity index (χ4v) is 2.16. The Kier molecular flexibility index (Phi) is 5.58. The summed E-state index contributed by atoms with van der Waals surface area (Å²) in [5.74, 6) is 0.330. The molecule has 0 heterocycles. The average Bonchev–Trinajstić information content (AvgIpc) is 2.54. The minimum Gasteiger partial charge on any atom is -0.481 e. The largest absolute Gasteiger partial charge is 0.481 e. The molecule has 0 saturated carbocycles. The highest BCUT2D eigenvalue weighted by Crippen LogP contribution is 2.19. The SMILES string of the molecule is CC(=O)N(C)c1cccc(NC(=O)C(C)Oc2cccc(C)c2)c1. The number of hydrogen-bond donors (Lipinski definition) is 1. The maximum absolute atomic E-state index is 12.3. The van der Waals surface area contributed by atoms with Crippen LogP contribution in [0.2, 0.25) is 0 Å². The van der Waals surface area contributed by atoms with Crippen molar-refractivity contribution in [2.24, 2.45) is 0 Å². The first-order valence-electron chi connectivity index (χ1n) is 7.75. The summed E-state index contributed by atoms with van der Waals surface area (Å²) in [5, 5.41) is 2.81. The summed E-state index contributed by atoms with van der Waals surface area (Å²) < 4.78 is 5.67. The van der Waals surface area contributed by atoms with Crippen molar-refractivity contribution in [3.05, 3.63) is 54.1 Å². The summed E-state index contributed by atoms with van der Waals surface area (Å²) in [4.78, 5) is 25.3. The van der Waals surface area contributed by atoms with Crippen molar-refractivity contribution in [2.75, 3.05) is 17.3 Å². The van der Waals surface area contributed by atoms with E-state index >= 15 is 0 Å². The Morgan fingerprint density at radius 2 is 1.83 bits per heavy atom. The average molecular weight is 326 g/mol. The van der Waals surface area contributed by atoms with E-state index in [1.54, 1.807) is 32.2 Å². The molecule has 0 aliphatic carbocycles. The molecule has 2 rings (SSSR count). The van der Waals surface area contributed by atoms with Crippen LogP contribution in [0.3, 0.4) is 0 Å². The monoisotopic (exact) mass is 326 g/mol. The van der Waals surface area contributed by atoms with Crippen molar-refractivity contribution in [3.63, 3.8) is 0 Å². The summed E-state index contributed by atoms with van der Waals surface area (Å²) in [5.41, 5.74) is 2.40. The van der Waals surface area contributed by atoms with Gasteiger partial charge in [0.2, 0.25) is 5.91 Å². The van der Waals surface area contributed by atoms with Crippen LogP contribution in [0.1, 0.15) is 19.4 Å². The molecule has 0 fully saturated rings. The van der Waals surface area contributed by atoms with E-state index in [2.05, 4.69) is 5.32 Å². The van der Waals surface area contributed by atoms with Gasteiger partial charge in [0.25, 0.3) is 5.91 Å². The Hall–Kier alpha value is -2.82. The van der Waals surface area contributed by atoms with Gasteiger partial charge in [0.05, 0.1) is 0 Å². The normalized spacial score (nSPS) is 11.5. The second kappa shape index (κ2) is 7.64. The number of rotatable bonds is 5. The molecule has 126 valence electrons. The van der Waals surface area contributed by atoms with Gasteiger partial charge < -0.3 is 15.0 Å². The van der Waals surface area contributed by atoms with Gasteiger partial charge in [-0.05, 0) is 49.7 Å². The highest BCUT2D eigenvalue weighted by atomic mass is 16.5. The molecule has 0 radical (unpaired) electrons. The van der Waals surface area contributed by atoms with Gasteiger partial charge >= 0.3 is 0 Å². The van der Waals surface area contributed by atoms with Crippen molar-refractivity contribution in [2.45, 2.75) is 26.9 Å². The van der Waals surface area contributed by atoms with E-state index in [9.17, 15) is 9.59 Å². The molecule has 0 aliphatic heterocycles. The number of ether oxygens (including phenoxy) is 1. The summed E-state index contributed by atoms with van der Waals surface area (Å²) in [7, 11) is 1.69. The van der Waals surface area contributed by atoms with Crippen LogP contribution in [-0.2, 0) is 9.59 Å². The van der Waals surface area contributed by atoms with Crippen molar-refractivity contribution in [3.8, 4) is 5.75 Å². The van der Waals surface area contributed by atoms with Gasteiger partial charge in [-0.25, -0.2) is 0 Å². The molecule has 2 aromatic rings. The highest BCUT2D eigenvalue weighted by molar-refractivity contribution is 5.96. The zero-order valence-electron chi connectivity index (χ0n) is 14.4. The van der Waals surface area contributed by atoms with E-state index in [0.29, 0.717) is 17.1 Å². The molecule has 24 heavy (non-hydrogen) atoms. The first-order chi connectivity index (χ1) is 11.4. The van der Waals surface area contributed by atoms with Gasteiger partial charge in [-0.15, -0.1) is 0 Å². The van der Waals surface area contributed by atoms with Crippen molar-refractivity contribution >= 4 is 23.2 Å². The predicted octanol–water partition coefficient (Wildman–Crippen LogP) is 3.38. The van der Waals surface area contributed by atoms with E-state index in [1.165, 1.54) is 11.8 Å². The Balaban J connectivity index is 2.03. The molecule has 0 saturated heterocycles. The molecule has 2 amide bonds. The van der Waals surface area contributed by atoms with E-state index in [0.717, 1.165) is 5.56 Å². The van der Waals surface area contributed by atoms with Crippen LogP contribution in [0.25, 0.3) is 0 Å². The molecule has 0 spiro atoms. The predicted molar refractivity (Wildman–Crippen MR) is 95.4 cm³/mol. The lowest BCUT2D eigenvalue weighted by Gasteiger charge is -2.18. The van der Waals surface area contributed by atoms with Gasteiger partial charge in [0.15, 0.2) is 6.10 Å². The molecular weight excluding hydrogens is 304 g/mol. The molecule has 0 bridgehead atoms. The summed E-state index contributed by atoms with van der Waals surface area (Å²) in [6.45, 7) is 5.15. The lowest BCUT2D eigenvalue weighted by molar-refractivity contribution is -0.122. The molecular formula is C19H22N2O3. The number of carbonyl (C=O) groups excluding carboxylic acids is 2. The standard InChI is InChI=1S/C19H22N2O3/c1-13-7-5-10-18(11-13)24-14(2)19(23)20-16-8-6-9-17(12-16)21(4)15(3)22/h5-12,14H,1-4H3,(H,20,23). The lowest BCUT2D eigenvalue weighted by atomic mass is 10.2. The van der Waals surface area contributed by atoms with Crippen LogP contribution < -0.4 is 15.0 Å². The summed E-state index contributed by atoms with van der Waals surface area (Å²) in [6, 6.07) is 14.7. The van der Waals surface area contributed by atoms with E-state index in [1.807, 2.05) is 37.3 Å². The van der Waals surface area contributed by atoms with Crippen LogP contribution in [0, 0.1) is 6.92 Å². The molecule has 0 aromatic heterocycles. The number of benzene rings is 2. The van der Waals surface area contributed by atoms with Gasteiger partial charge in [0.1, 0.15) is 5.75 Å². The zero-order chi connectivity index (χ0) is 17.7. The first kappa shape index (κ1) is 17.5. The topological polar surface area (TPSA) is 58.6 Å². The Morgan fingerprint density at radius 3 is 2.50 bits per heavy atom. The van der Waals surface area contributed by atoms with Gasteiger partial charge in [-0.2, -0.15) is 0 Å². The minimum atomic E-state index is -0.638. The van der Waals surface area contributed by atoms with Crippen LogP contribution in [0.4, 0.5) is 11.4 Å². The van der Waals surface area contributed by atoms with E-state index in [4.69, 9.17) is 4.74 Å². The number of amides is 2. The number of anilines is 2. The van der Waals surface area contributed by atoms with Crippen LogP contribution >= 0.6 is 0 Å². The number of carbonyl (C=O) groups is 2. The fraction of sp³-hybridized carbons (Fsp3) is 0.263. The number of nitrogens with one attached hydrogen (secondary N) is 1. The summed E-state index contributed by atoms with van der Waals surface area (Å²) >= 11 is 0. The van der Waals surface area contributed by atoms with Crippen molar-refractivity contribution in [1.29, 1.82) is 0 Å². The quantitative estimate of drug-likeness (QED) is 0.916. The molecule has 5 nitrogen and oxygen atoms in total. The first-order valence-corrected chi connectivity index (χ1v) is 7.75. The number of aryl methyl sites for hydroxylation is 1. The smallest absolute Gasteiger partial charge is 0.265 e. The molecule has 1 N–H and O–H groups in total. The Morgan fingerprint density at radius 1 is 1.12 bits per heavy atom. The molecule has 0 aliphatic rings. The Bertz CT molecular complexity index is 743. The maximum atomic E-state index is 12.3. The Labute approximate surface area is 142 Å². The molecule has 5 heteroatoms. The van der Waals surface area contributed by atoms with Crippen LogP contribution in [0.5, 0.6) is 5.75 Å². The van der Waals surface area contributed by atoms with Crippen LogP contribution in [0.15, 0.2) is 48.5 Å². The van der Waals surface area contributed by atoms with Crippen molar-refractivity contribution in [1.82, 2.24) is 0 Å². The van der Waals surface area contributed by atoms with Crippen molar-refractivity contribution < 1.29 is 14.3 Å². The lowest BCUT2D eigenvalue weighted by Crippen LogP contribution is -2.30. The van der Waals surface area contributed by atoms with Gasteiger partial charge in [-0.3, -0.25) is 9.59 Å². The van der Waals surface area contributed by atoms with E-state index < -0.39 is 6.10 Å². The molecule has 2 aromatic carbocycles. The second-order valence-electron chi connectivity index (χ2n) is 5.69. The highest BCUT2D eigenvalue weighted by Gasteiger charge is 2.15. The second-order valence-corrected chi connectivity index (χ2v) is 5.69. The third-order valence-corrected chi connectivity index (χ3v) is 3.64. The fourth-order valence-electron chi connectivity index (χ4n) is 2.16. The third-order valence-electron chi connectivity index (χ3n) is 3.64. The van der Waals surface area contributed by atoms with Gasteiger partial charge in [0, 0.05) is 25.3 Å². The molecule has 1 atom stereocenters. The summed E-state index contributed by atoms with van der Waals surface area (Å²) in [6.07, 6.45) is -0.638. The van der Waals surface area contributed by atoms with E-state index in [-0.39, 0.29) is 11.8 Å². The maximum Gasteiger partial charge on any atom is 0.265 e. The zero-order valence-corrected chi connectivity index (χ0v) is 14.4.